The van der Waals surface area contributed by atoms with Crippen LogP contribution in [0.3, 0.4) is 0 Å². The second-order valence-electron chi connectivity index (χ2n) is 6.59. The minimum Gasteiger partial charge on any atom is -0.486 e. The summed E-state index contributed by atoms with van der Waals surface area (Å²) in [4.78, 5) is 12.5. The molecule has 1 N–H and O–H groups in total. The SMILES string of the molecule is CC(C#N)(NC(=O)c1ccc(SC(F)(F)F)cc1)C1Cc2cc(C#N)ccc2O1. The maximum atomic E-state index is 12.6. The third kappa shape index (κ3) is 4.64. The molecule has 1 aliphatic rings. The van der Waals surface area contributed by atoms with Crippen LogP contribution in [0.25, 0.3) is 0 Å². The summed E-state index contributed by atoms with van der Waals surface area (Å²) in [5.74, 6) is -0.0619. The van der Waals surface area contributed by atoms with Crippen molar-refractivity contribution in [3.05, 3.63) is 59.2 Å². The topological polar surface area (TPSA) is 85.9 Å². The number of rotatable bonds is 4. The normalized spacial score (nSPS) is 17.2. The fourth-order valence-electron chi connectivity index (χ4n) is 2.94. The van der Waals surface area contributed by atoms with Gasteiger partial charge >= 0.3 is 5.51 Å². The predicted molar refractivity (Wildman–Crippen MR) is 99.1 cm³/mol. The molecule has 29 heavy (non-hydrogen) atoms. The van der Waals surface area contributed by atoms with E-state index in [0.717, 1.165) is 5.56 Å². The van der Waals surface area contributed by atoms with Crippen LogP contribution in [0.15, 0.2) is 47.4 Å². The molecule has 1 amide bonds. The molecule has 0 bridgehead atoms. The van der Waals surface area contributed by atoms with E-state index in [1.54, 1.807) is 18.2 Å². The fraction of sp³-hybridized carbons (Fsp3) is 0.250. The number of halogens is 3. The van der Waals surface area contributed by atoms with Gasteiger partial charge in [-0.25, -0.2) is 0 Å². The third-order valence-corrected chi connectivity index (χ3v) is 5.20. The summed E-state index contributed by atoms with van der Waals surface area (Å²) in [5.41, 5.74) is -4.45. The number of nitrogens with zero attached hydrogens (tertiary/aromatic N) is 2. The molecule has 0 saturated carbocycles. The summed E-state index contributed by atoms with van der Waals surface area (Å²) >= 11 is -0.272. The molecule has 2 unspecified atom stereocenters. The van der Waals surface area contributed by atoms with E-state index in [2.05, 4.69) is 11.4 Å². The van der Waals surface area contributed by atoms with Gasteiger partial charge in [0.1, 0.15) is 11.9 Å². The van der Waals surface area contributed by atoms with Crippen LogP contribution in [0.2, 0.25) is 0 Å². The standard InChI is InChI=1S/C20H14F3N3O2S/c1-19(11-25,17-9-14-8-12(10-24)2-7-16(14)28-17)26-18(27)13-3-5-15(6-4-13)29-20(21,22)23/h2-8,17H,9H2,1H3,(H,26,27). The zero-order valence-corrected chi connectivity index (χ0v) is 15.9. The van der Waals surface area contributed by atoms with Crippen molar-refractivity contribution >= 4 is 17.7 Å². The first-order valence-corrected chi connectivity index (χ1v) is 9.24. The number of carbonyl (C=O) groups is 1. The number of nitrogens with one attached hydrogen (secondary N) is 1. The zero-order chi connectivity index (χ0) is 21.2. The minimum absolute atomic E-state index is 0.0417. The Bertz CT molecular complexity index is 1030. The van der Waals surface area contributed by atoms with Gasteiger partial charge in [-0.2, -0.15) is 23.7 Å². The smallest absolute Gasteiger partial charge is 0.446 e. The lowest BCUT2D eigenvalue weighted by Crippen LogP contribution is -2.55. The maximum absolute atomic E-state index is 12.6. The number of benzene rings is 2. The maximum Gasteiger partial charge on any atom is 0.446 e. The molecule has 2 aromatic carbocycles. The Labute approximate surface area is 169 Å². The molecule has 1 heterocycles. The van der Waals surface area contributed by atoms with E-state index in [9.17, 15) is 23.2 Å². The van der Waals surface area contributed by atoms with E-state index >= 15 is 0 Å². The van der Waals surface area contributed by atoms with Gasteiger partial charge in [-0.3, -0.25) is 4.79 Å². The first-order chi connectivity index (χ1) is 13.6. The number of nitriles is 2. The van der Waals surface area contributed by atoms with Gasteiger partial charge in [0.15, 0.2) is 5.54 Å². The fourth-order valence-corrected chi connectivity index (χ4v) is 3.48. The Hall–Kier alpha value is -3.17. The number of ether oxygens (including phenoxy) is 1. The monoisotopic (exact) mass is 417 g/mol. The van der Waals surface area contributed by atoms with Crippen LogP contribution in [-0.4, -0.2) is 23.1 Å². The largest absolute Gasteiger partial charge is 0.486 e. The van der Waals surface area contributed by atoms with E-state index < -0.39 is 23.1 Å². The van der Waals surface area contributed by atoms with Gasteiger partial charge < -0.3 is 10.1 Å². The van der Waals surface area contributed by atoms with Crippen molar-refractivity contribution in [2.75, 3.05) is 0 Å². The number of carbonyl (C=O) groups excluding carboxylic acids is 1. The van der Waals surface area contributed by atoms with Gasteiger partial charge in [-0.15, -0.1) is 0 Å². The quantitative estimate of drug-likeness (QED) is 0.754. The summed E-state index contributed by atoms with van der Waals surface area (Å²) in [5, 5.41) is 21.3. The van der Waals surface area contributed by atoms with Gasteiger partial charge in [0.05, 0.1) is 17.7 Å². The molecule has 0 aromatic heterocycles. The molecule has 0 radical (unpaired) electrons. The second kappa shape index (κ2) is 7.69. The van der Waals surface area contributed by atoms with Crippen LogP contribution in [0.4, 0.5) is 13.2 Å². The van der Waals surface area contributed by atoms with Gasteiger partial charge in [0.25, 0.3) is 5.91 Å². The molecule has 148 valence electrons. The zero-order valence-electron chi connectivity index (χ0n) is 15.1. The Kier molecular flexibility index (Phi) is 5.45. The lowest BCUT2D eigenvalue weighted by Gasteiger charge is -2.29. The number of fused-ring (bicyclic) bond motifs is 1. The van der Waals surface area contributed by atoms with Crippen LogP contribution < -0.4 is 10.1 Å². The summed E-state index contributed by atoms with van der Waals surface area (Å²) in [7, 11) is 0. The van der Waals surface area contributed by atoms with Crippen molar-refractivity contribution in [1.29, 1.82) is 10.5 Å². The van der Waals surface area contributed by atoms with Crippen LogP contribution in [-0.2, 0) is 6.42 Å². The Morgan fingerprint density at radius 1 is 1.21 bits per heavy atom. The number of alkyl halides is 3. The first-order valence-electron chi connectivity index (χ1n) is 8.43. The Morgan fingerprint density at radius 3 is 2.48 bits per heavy atom. The number of amides is 1. The van der Waals surface area contributed by atoms with E-state index in [1.165, 1.54) is 31.2 Å². The lowest BCUT2D eigenvalue weighted by atomic mass is 9.92. The van der Waals surface area contributed by atoms with E-state index in [4.69, 9.17) is 10.00 Å². The molecule has 0 fully saturated rings. The number of hydrogen-bond donors (Lipinski definition) is 1. The Morgan fingerprint density at radius 2 is 1.90 bits per heavy atom. The highest BCUT2D eigenvalue weighted by atomic mass is 32.2. The first kappa shape index (κ1) is 20.6. The van der Waals surface area contributed by atoms with Crippen molar-refractivity contribution in [3.8, 4) is 17.9 Å². The van der Waals surface area contributed by atoms with Crippen molar-refractivity contribution in [1.82, 2.24) is 5.32 Å². The van der Waals surface area contributed by atoms with Crippen molar-refractivity contribution in [2.24, 2.45) is 0 Å². The molecule has 0 spiro atoms. The molecule has 2 aromatic rings. The average molecular weight is 417 g/mol. The van der Waals surface area contributed by atoms with Gasteiger partial charge in [0, 0.05) is 16.9 Å². The second-order valence-corrected chi connectivity index (χ2v) is 7.72. The number of thioether (sulfide) groups is 1. The summed E-state index contributed by atoms with van der Waals surface area (Å²) in [6.45, 7) is 1.51. The summed E-state index contributed by atoms with van der Waals surface area (Å²) < 4.78 is 43.1. The van der Waals surface area contributed by atoms with Gasteiger partial charge in [-0.05, 0) is 66.7 Å². The van der Waals surface area contributed by atoms with Crippen molar-refractivity contribution in [2.45, 2.75) is 35.4 Å². The summed E-state index contributed by atoms with van der Waals surface area (Å²) in [6, 6.07) is 13.9. The van der Waals surface area contributed by atoms with Gasteiger partial charge in [-0.1, -0.05) is 0 Å². The van der Waals surface area contributed by atoms with Crippen molar-refractivity contribution < 1.29 is 22.7 Å². The molecule has 0 aliphatic carbocycles. The highest BCUT2D eigenvalue weighted by Crippen LogP contribution is 2.37. The van der Waals surface area contributed by atoms with Crippen LogP contribution in [0.1, 0.15) is 28.4 Å². The van der Waals surface area contributed by atoms with Crippen LogP contribution in [0, 0.1) is 22.7 Å². The molecule has 5 nitrogen and oxygen atoms in total. The average Bonchev–Trinajstić information content (AvgIpc) is 3.11. The van der Waals surface area contributed by atoms with Gasteiger partial charge in [0.2, 0.25) is 0 Å². The molecule has 3 rings (SSSR count). The Balaban J connectivity index is 1.73. The highest BCUT2D eigenvalue weighted by Gasteiger charge is 2.42. The summed E-state index contributed by atoms with van der Waals surface area (Å²) in [6.07, 6.45) is -0.350. The third-order valence-electron chi connectivity index (χ3n) is 4.46. The lowest BCUT2D eigenvalue weighted by molar-refractivity contribution is -0.0328. The van der Waals surface area contributed by atoms with E-state index in [1.807, 2.05) is 6.07 Å². The van der Waals surface area contributed by atoms with E-state index in [-0.39, 0.29) is 22.2 Å². The molecule has 0 saturated heterocycles. The molecular weight excluding hydrogens is 403 g/mol. The van der Waals surface area contributed by atoms with Crippen molar-refractivity contribution in [3.63, 3.8) is 0 Å². The van der Waals surface area contributed by atoms with Crippen LogP contribution >= 0.6 is 11.8 Å². The highest BCUT2D eigenvalue weighted by molar-refractivity contribution is 8.00. The molecule has 1 aliphatic heterocycles. The molecular formula is C20H14F3N3O2S. The predicted octanol–water partition coefficient (Wildman–Crippen LogP) is 4.19. The molecule has 2 atom stereocenters. The minimum atomic E-state index is -4.41. The van der Waals surface area contributed by atoms with Crippen LogP contribution in [0.5, 0.6) is 5.75 Å². The molecule has 9 heteroatoms. The van der Waals surface area contributed by atoms with E-state index in [0.29, 0.717) is 17.7 Å². The number of hydrogen-bond acceptors (Lipinski definition) is 5.